The largest absolute Gasteiger partial charge is 0.495 e. The van der Waals surface area contributed by atoms with Crippen LogP contribution in [0, 0.1) is 5.92 Å². The van der Waals surface area contributed by atoms with Gasteiger partial charge in [0.1, 0.15) is 11.5 Å². The molecule has 1 aliphatic heterocycles. The van der Waals surface area contributed by atoms with Crippen LogP contribution in [0.3, 0.4) is 0 Å². The molecule has 2 rings (SSSR count). The third-order valence-corrected chi connectivity index (χ3v) is 4.36. The second-order valence-electron chi connectivity index (χ2n) is 5.75. The summed E-state index contributed by atoms with van der Waals surface area (Å²) in [6, 6.07) is 3.14. The summed E-state index contributed by atoms with van der Waals surface area (Å²) < 4.78 is 15.5. The second kappa shape index (κ2) is 7.74. The van der Waals surface area contributed by atoms with Crippen molar-refractivity contribution in [2.24, 2.45) is 5.92 Å². The number of carbonyl (C=O) groups excluding carboxylic acids is 3. The minimum absolute atomic E-state index is 0.00371. The molecule has 0 aliphatic carbocycles. The molecule has 1 aromatic rings. The lowest BCUT2D eigenvalue weighted by atomic mass is 10.1. The van der Waals surface area contributed by atoms with E-state index in [1.54, 1.807) is 12.1 Å². The van der Waals surface area contributed by atoms with Gasteiger partial charge >= 0.3 is 5.97 Å². The van der Waals surface area contributed by atoms with Crippen molar-refractivity contribution >= 4 is 34.9 Å². The summed E-state index contributed by atoms with van der Waals surface area (Å²) in [5.74, 6) is -0.909. The van der Waals surface area contributed by atoms with E-state index in [-0.39, 0.29) is 24.7 Å². The third kappa shape index (κ3) is 4.04. The normalized spacial score (nSPS) is 18.0. The maximum absolute atomic E-state index is 12.4. The first kappa shape index (κ1) is 19.1. The smallest absolute Gasteiger partial charge is 0.311 e. The summed E-state index contributed by atoms with van der Waals surface area (Å²) in [5, 5.41) is 0.322. The number of Topliss-reactive ketones (excluding diaryl/α,β-unsaturated/α-hetero) is 1. The summed E-state index contributed by atoms with van der Waals surface area (Å²) in [6.07, 6.45) is -0.836. The van der Waals surface area contributed by atoms with Gasteiger partial charge in [0.15, 0.2) is 11.9 Å². The van der Waals surface area contributed by atoms with E-state index in [2.05, 4.69) is 0 Å². The number of halogens is 1. The number of ketones is 1. The highest BCUT2D eigenvalue weighted by Crippen LogP contribution is 2.40. The Labute approximate surface area is 150 Å². The molecule has 0 aromatic heterocycles. The zero-order valence-corrected chi connectivity index (χ0v) is 15.3. The maximum atomic E-state index is 12.4. The van der Waals surface area contributed by atoms with Crippen LogP contribution in [0.1, 0.15) is 20.3 Å². The van der Waals surface area contributed by atoms with Crippen LogP contribution < -0.4 is 14.4 Å². The van der Waals surface area contributed by atoms with Crippen LogP contribution in [0.2, 0.25) is 5.02 Å². The van der Waals surface area contributed by atoms with Crippen molar-refractivity contribution in [3.63, 3.8) is 0 Å². The van der Waals surface area contributed by atoms with Crippen molar-refractivity contribution in [3.05, 3.63) is 17.2 Å². The van der Waals surface area contributed by atoms with E-state index in [9.17, 15) is 14.4 Å². The molecule has 1 aromatic carbocycles. The average Bonchev–Trinajstić information content (AvgIpc) is 2.96. The van der Waals surface area contributed by atoms with Gasteiger partial charge in [-0.05, 0) is 19.9 Å². The Morgan fingerprint density at radius 3 is 2.44 bits per heavy atom. The van der Waals surface area contributed by atoms with Gasteiger partial charge in [0, 0.05) is 19.0 Å². The lowest BCUT2D eigenvalue weighted by molar-refractivity contribution is -0.157. The van der Waals surface area contributed by atoms with E-state index in [0.29, 0.717) is 22.2 Å². The first-order valence-corrected chi connectivity index (χ1v) is 8.09. The third-order valence-electron chi connectivity index (χ3n) is 4.07. The molecule has 7 nitrogen and oxygen atoms in total. The molecular weight excluding hydrogens is 350 g/mol. The van der Waals surface area contributed by atoms with Crippen molar-refractivity contribution in [3.8, 4) is 11.5 Å². The van der Waals surface area contributed by atoms with Gasteiger partial charge in [-0.15, -0.1) is 0 Å². The highest BCUT2D eigenvalue weighted by molar-refractivity contribution is 6.32. The molecule has 1 heterocycles. The minimum Gasteiger partial charge on any atom is -0.495 e. The van der Waals surface area contributed by atoms with Crippen LogP contribution in [0.4, 0.5) is 5.69 Å². The van der Waals surface area contributed by atoms with Crippen molar-refractivity contribution in [2.75, 3.05) is 25.7 Å². The number of hydrogen-bond acceptors (Lipinski definition) is 6. The zero-order chi connectivity index (χ0) is 18.7. The number of methoxy groups -OCH3 is 2. The standard InChI is InChI=1S/C17H20ClNO6/c1-9(20)10(2)25-17(22)11-5-16(21)19(8-11)13-6-12(18)14(23-3)7-15(13)24-4/h6-7,10-11H,5,8H2,1-4H3. The number of ether oxygens (including phenoxy) is 3. The Morgan fingerprint density at radius 1 is 1.24 bits per heavy atom. The summed E-state index contributed by atoms with van der Waals surface area (Å²) in [4.78, 5) is 37.2. The van der Waals surface area contributed by atoms with Gasteiger partial charge in [0.2, 0.25) is 5.91 Å². The van der Waals surface area contributed by atoms with Crippen LogP contribution in [0.5, 0.6) is 11.5 Å². The van der Waals surface area contributed by atoms with Gasteiger partial charge in [-0.3, -0.25) is 14.4 Å². The van der Waals surface area contributed by atoms with Crippen LogP contribution in [0.15, 0.2) is 12.1 Å². The van der Waals surface area contributed by atoms with Crippen LogP contribution >= 0.6 is 11.6 Å². The molecule has 0 saturated carbocycles. The second-order valence-corrected chi connectivity index (χ2v) is 6.16. The fourth-order valence-electron chi connectivity index (χ4n) is 2.51. The van der Waals surface area contributed by atoms with E-state index >= 15 is 0 Å². The molecule has 2 atom stereocenters. The van der Waals surface area contributed by atoms with E-state index in [0.717, 1.165) is 0 Å². The van der Waals surface area contributed by atoms with E-state index in [1.165, 1.54) is 33.0 Å². The number of benzene rings is 1. The molecule has 1 fully saturated rings. The predicted molar refractivity (Wildman–Crippen MR) is 91.3 cm³/mol. The van der Waals surface area contributed by atoms with Crippen molar-refractivity contribution in [2.45, 2.75) is 26.4 Å². The lowest BCUT2D eigenvalue weighted by Crippen LogP contribution is -2.29. The molecule has 2 unspecified atom stereocenters. The molecule has 0 N–H and O–H groups in total. The fraction of sp³-hybridized carbons (Fsp3) is 0.471. The summed E-state index contributed by atoms with van der Waals surface area (Å²) >= 11 is 6.14. The molecule has 0 radical (unpaired) electrons. The molecule has 8 heteroatoms. The van der Waals surface area contributed by atoms with Gasteiger partial charge in [-0.25, -0.2) is 0 Å². The summed E-state index contributed by atoms with van der Waals surface area (Å²) in [6.45, 7) is 2.97. The van der Waals surface area contributed by atoms with Crippen LogP contribution in [-0.4, -0.2) is 44.5 Å². The number of nitrogens with zero attached hydrogens (tertiary/aromatic N) is 1. The van der Waals surface area contributed by atoms with Gasteiger partial charge in [-0.2, -0.15) is 0 Å². The van der Waals surface area contributed by atoms with E-state index in [4.69, 9.17) is 25.8 Å². The first-order chi connectivity index (χ1) is 11.8. The number of rotatable bonds is 6. The van der Waals surface area contributed by atoms with Crippen molar-refractivity contribution in [1.82, 2.24) is 0 Å². The number of anilines is 1. The molecule has 1 saturated heterocycles. The van der Waals surface area contributed by atoms with Crippen LogP contribution in [-0.2, 0) is 19.1 Å². The van der Waals surface area contributed by atoms with Gasteiger partial charge in [-0.1, -0.05) is 11.6 Å². The zero-order valence-electron chi connectivity index (χ0n) is 14.5. The number of amides is 1. The Kier molecular flexibility index (Phi) is 5.89. The molecule has 25 heavy (non-hydrogen) atoms. The van der Waals surface area contributed by atoms with E-state index < -0.39 is 18.0 Å². The van der Waals surface area contributed by atoms with E-state index in [1.807, 2.05) is 0 Å². The fourth-order valence-corrected chi connectivity index (χ4v) is 2.74. The Balaban J connectivity index is 2.22. The Bertz CT molecular complexity index is 705. The van der Waals surface area contributed by atoms with Gasteiger partial charge < -0.3 is 19.1 Å². The molecule has 1 amide bonds. The SMILES string of the molecule is COc1cc(OC)c(N2CC(C(=O)OC(C)C(C)=O)CC2=O)cc1Cl. The summed E-state index contributed by atoms with van der Waals surface area (Å²) in [5.41, 5.74) is 0.452. The minimum atomic E-state index is -0.832. The molecule has 0 spiro atoms. The molecule has 0 bridgehead atoms. The monoisotopic (exact) mass is 369 g/mol. The predicted octanol–water partition coefficient (Wildman–Crippen LogP) is 2.23. The molecular formula is C17H20ClNO6. The Hall–Kier alpha value is -2.28. The van der Waals surface area contributed by atoms with Crippen LogP contribution in [0.25, 0.3) is 0 Å². The van der Waals surface area contributed by atoms with Gasteiger partial charge in [0.05, 0.1) is 30.8 Å². The molecule has 136 valence electrons. The quantitative estimate of drug-likeness (QED) is 0.715. The number of carbonyl (C=O) groups is 3. The topological polar surface area (TPSA) is 82.1 Å². The van der Waals surface area contributed by atoms with Gasteiger partial charge in [0.25, 0.3) is 0 Å². The highest BCUT2D eigenvalue weighted by atomic mass is 35.5. The first-order valence-electron chi connectivity index (χ1n) is 7.71. The summed E-state index contributed by atoms with van der Waals surface area (Å²) in [7, 11) is 2.94. The Morgan fingerprint density at radius 2 is 1.88 bits per heavy atom. The lowest BCUT2D eigenvalue weighted by Gasteiger charge is -2.21. The van der Waals surface area contributed by atoms with Crippen molar-refractivity contribution < 1.29 is 28.6 Å². The maximum Gasteiger partial charge on any atom is 0.311 e. The number of hydrogen-bond donors (Lipinski definition) is 0. The molecule has 1 aliphatic rings. The highest BCUT2D eigenvalue weighted by Gasteiger charge is 2.38. The number of esters is 1. The average molecular weight is 370 g/mol. The van der Waals surface area contributed by atoms with Crippen molar-refractivity contribution in [1.29, 1.82) is 0 Å².